The summed E-state index contributed by atoms with van der Waals surface area (Å²) in [5.74, 6) is -0.0504. The fraction of sp³-hybridized carbons (Fsp3) is 0.538. The van der Waals surface area contributed by atoms with Gasteiger partial charge in [-0.3, -0.25) is 10.1 Å². The summed E-state index contributed by atoms with van der Waals surface area (Å²) in [6.07, 6.45) is 8.19. The van der Waals surface area contributed by atoms with E-state index in [9.17, 15) is 13.2 Å². The number of carbonyl (C=O) groups is 1. The van der Waals surface area contributed by atoms with Crippen LogP contribution in [0.3, 0.4) is 0 Å². The van der Waals surface area contributed by atoms with Gasteiger partial charge in [0.25, 0.3) is 5.91 Å². The van der Waals surface area contributed by atoms with Gasteiger partial charge in [0, 0.05) is 11.0 Å². The number of thiazole rings is 1. The molecule has 7 nitrogen and oxygen atoms in total. The second kappa shape index (κ2) is 9.76. The number of allylic oxidation sites excluding steroid dienone is 1. The van der Waals surface area contributed by atoms with Crippen LogP contribution in [0, 0.1) is 11.8 Å². The lowest BCUT2D eigenvalue weighted by atomic mass is 9.98. The van der Waals surface area contributed by atoms with Crippen LogP contribution in [0.15, 0.2) is 40.6 Å². The molecule has 1 aromatic heterocycles. The molecule has 35 heavy (non-hydrogen) atoms. The van der Waals surface area contributed by atoms with Crippen molar-refractivity contribution in [3.8, 4) is 0 Å². The van der Waals surface area contributed by atoms with Crippen molar-refractivity contribution in [3.63, 3.8) is 0 Å². The monoisotopic (exact) mass is 516 g/mol. The van der Waals surface area contributed by atoms with E-state index in [1.54, 1.807) is 24.3 Å². The fourth-order valence-corrected chi connectivity index (χ4v) is 7.13. The van der Waals surface area contributed by atoms with Crippen molar-refractivity contribution in [3.05, 3.63) is 47.0 Å². The Morgan fingerprint density at radius 2 is 1.89 bits per heavy atom. The maximum Gasteiger partial charge on any atom is 0.257 e. The third-order valence-electron chi connectivity index (χ3n) is 6.80. The Balaban J connectivity index is 1.34. The zero-order chi connectivity index (χ0) is 24.6. The van der Waals surface area contributed by atoms with E-state index in [1.165, 1.54) is 11.3 Å². The van der Waals surface area contributed by atoms with Crippen molar-refractivity contribution < 1.29 is 22.7 Å². The molecule has 0 spiro atoms. The predicted molar refractivity (Wildman–Crippen MR) is 136 cm³/mol. The van der Waals surface area contributed by atoms with Gasteiger partial charge in [0.2, 0.25) is 0 Å². The lowest BCUT2D eigenvalue weighted by Crippen LogP contribution is -2.19. The zero-order valence-corrected chi connectivity index (χ0v) is 21.8. The molecule has 2 heterocycles. The van der Waals surface area contributed by atoms with Crippen molar-refractivity contribution in [2.24, 2.45) is 11.8 Å². The van der Waals surface area contributed by atoms with Gasteiger partial charge in [-0.05, 0) is 69.1 Å². The summed E-state index contributed by atoms with van der Waals surface area (Å²) in [6.45, 7) is 4.15. The van der Waals surface area contributed by atoms with E-state index >= 15 is 0 Å². The normalized spacial score (nSPS) is 23.0. The number of sulfone groups is 1. The van der Waals surface area contributed by atoms with Gasteiger partial charge in [-0.25, -0.2) is 13.4 Å². The average Bonchev–Trinajstić information content (AvgIpc) is 3.19. The molecular formula is C26H32N2O5S2. The van der Waals surface area contributed by atoms with E-state index in [0.29, 0.717) is 39.6 Å². The van der Waals surface area contributed by atoms with Crippen LogP contribution < -0.4 is 5.32 Å². The Labute approximate surface area is 210 Å². The van der Waals surface area contributed by atoms with E-state index in [1.807, 2.05) is 25.3 Å². The van der Waals surface area contributed by atoms with Gasteiger partial charge < -0.3 is 9.47 Å². The maximum atomic E-state index is 13.4. The lowest BCUT2D eigenvalue weighted by Gasteiger charge is -2.16. The number of benzene rings is 1. The van der Waals surface area contributed by atoms with Crippen LogP contribution in [0.5, 0.6) is 0 Å². The number of amides is 1. The van der Waals surface area contributed by atoms with Crippen LogP contribution in [0.25, 0.3) is 5.57 Å². The maximum absolute atomic E-state index is 13.4. The van der Waals surface area contributed by atoms with Crippen LogP contribution in [0.1, 0.15) is 69.7 Å². The Hall–Kier alpha value is -2.07. The second-order valence-electron chi connectivity index (χ2n) is 10.2. The second-order valence-corrected chi connectivity index (χ2v) is 13.1. The molecule has 1 N–H and O–H groups in total. The van der Waals surface area contributed by atoms with Gasteiger partial charge in [-0.15, -0.1) is 11.3 Å². The minimum atomic E-state index is -3.29. The number of hydrogen-bond acceptors (Lipinski definition) is 7. The first-order valence-corrected chi connectivity index (χ1v) is 14.9. The van der Waals surface area contributed by atoms with Crippen LogP contribution >= 0.6 is 11.3 Å². The van der Waals surface area contributed by atoms with E-state index < -0.39 is 15.6 Å². The topological polar surface area (TPSA) is 94.6 Å². The van der Waals surface area contributed by atoms with E-state index in [2.05, 4.69) is 10.3 Å². The molecule has 2 aromatic rings. The third-order valence-corrected chi connectivity index (χ3v) is 9.48. The molecule has 5 rings (SSSR count). The largest absolute Gasteiger partial charge is 0.347 e. The molecule has 1 unspecified atom stereocenters. The number of carbonyl (C=O) groups excluding carboxylic acids is 1. The summed E-state index contributed by atoms with van der Waals surface area (Å²) in [7, 11) is -3.29. The van der Waals surface area contributed by atoms with Crippen molar-refractivity contribution in [2.75, 3.05) is 17.7 Å². The highest BCUT2D eigenvalue weighted by atomic mass is 32.2. The minimum absolute atomic E-state index is 0.205. The summed E-state index contributed by atoms with van der Waals surface area (Å²) in [6, 6.07) is 6.76. The van der Waals surface area contributed by atoms with E-state index in [-0.39, 0.29) is 17.8 Å². The van der Waals surface area contributed by atoms with Crippen LogP contribution in [-0.2, 0) is 24.1 Å². The molecule has 3 aliphatic rings. The third kappa shape index (κ3) is 6.02. The van der Waals surface area contributed by atoms with Crippen molar-refractivity contribution in [1.82, 2.24) is 4.98 Å². The summed E-state index contributed by atoms with van der Waals surface area (Å²) >= 11 is 1.35. The fourth-order valence-electron chi connectivity index (χ4n) is 4.68. The number of rotatable bonds is 8. The number of anilines is 1. The van der Waals surface area contributed by atoms with Crippen molar-refractivity contribution in [2.45, 2.75) is 69.2 Å². The minimum Gasteiger partial charge on any atom is -0.347 e. The van der Waals surface area contributed by atoms with Gasteiger partial charge in [0.15, 0.2) is 20.8 Å². The molecule has 1 atom stereocenters. The standard InChI is InChI=1S/C26H32N2O5S2/c1-26(2)32-14-23(33-26)22-15-34-25(27-22)28-24(29)21(13-17-5-3-4-6-17)19-9-11-20(12-10-19)35(30,31)16-18-7-8-18/h9-13,15,17-18,23H,3-8,14,16H2,1-2H3,(H,27,28,29). The number of nitrogens with zero attached hydrogens (tertiary/aromatic N) is 1. The highest BCUT2D eigenvalue weighted by Crippen LogP contribution is 2.35. The van der Waals surface area contributed by atoms with Crippen LogP contribution in [0.4, 0.5) is 5.13 Å². The summed E-state index contributed by atoms with van der Waals surface area (Å²) in [5, 5.41) is 5.32. The highest BCUT2D eigenvalue weighted by molar-refractivity contribution is 7.91. The Kier molecular flexibility index (Phi) is 6.87. The summed E-state index contributed by atoms with van der Waals surface area (Å²) < 4.78 is 36.8. The molecule has 2 saturated carbocycles. The Morgan fingerprint density at radius 3 is 2.51 bits per heavy atom. The molecule has 0 bridgehead atoms. The first kappa shape index (κ1) is 24.6. The smallest absolute Gasteiger partial charge is 0.257 e. The van der Waals surface area contributed by atoms with Gasteiger partial charge in [-0.1, -0.05) is 31.1 Å². The number of hydrogen-bond donors (Lipinski definition) is 1. The van der Waals surface area contributed by atoms with Crippen LogP contribution in [0.2, 0.25) is 0 Å². The zero-order valence-electron chi connectivity index (χ0n) is 20.2. The number of nitrogens with one attached hydrogen (secondary N) is 1. The molecule has 2 aliphatic carbocycles. The molecule has 1 aliphatic heterocycles. The molecule has 1 aromatic carbocycles. The molecule has 0 radical (unpaired) electrons. The first-order valence-electron chi connectivity index (χ1n) is 12.3. The Bertz CT molecular complexity index is 1210. The van der Waals surface area contributed by atoms with E-state index in [4.69, 9.17) is 9.47 Å². The number of ether oxygens (including phenoxy) is 2. The SMILES string of the molecule is CC1(C)OCC(c2csc(NC(=O)C(=CC3CCCC3)c3ccc(S(=O)(=O)CC4CC4)cc3)n2)O1. The molecular weight excluding hydrogens is 484 g/mol. The first-order chi connectivity index (χ1) is 16.7. The molecule has 3 fully saturated rings. The predicted octanol–water partition coefficient (Wildman–Crippen LogP) is 5.36. The Morgan fingerprint density at radius 1 is 1.17 bits per heavy atom. The van der Waals surface area contributed by atoms with Gasteiger partial charge >= 0.3 is 0 Å². The molecule has 1 amide bonds. The van der Waals surface area contributed by atoms with Crippen LogP contribution in [-0.4, -0.2) is 37.5 Å². The number of aromatic nitrogens is 1. The van der Waals surface area contributed by atoms with Gasteiger partial charge in [-0.2, -0.15) is 0 Å². The summed E-state index contributed by atoms with van der Waals surface area (Å²) in [5.41, 5.74) is 2.01. The molecule has 9 heteroatoms. The van der Waals surface area contributed by atoms with Gasteiger partial charge in [0.05, 0.1) is 22.9 Å². The van der Waals surface area contributed by atoms with E-state index in [0.717, 1.165) is 44.2 Å². The molecule has 188 valence electrons. The average molecular weight is 517 g/mol. The quantitative estimate of drug-likeness (QED) is 0.475. The lowest BCUT2D eigenvalue weighted by molar-refractivity contribution is -0.139. The van der Waals surface area contributed by atoms with Crippen molar-refractivity contribution in [1.29, 1.82) is 0 Å². The molecule has 1 saturated heterocycles. The van der Waals surface area contributed by atoms with Gasteiger partial charge in [0.1, 0.15) is 6.10 Å². The highest BCUT2D eigenvalue weighted by Gasteiger charge is 2.35. The van der Waals surface area contributed by atoms with Crippen molar-refractivity contribution >= 4 is 37.8 Å². The summed E-state index contributed by atoms with van der Waals surface area (Å²) in [4.78, 5) is 18.3.